The molecule has 1 amide bonds. The Labute approximate surface area is 67.9 Å². The molecule has 0 aromatic heterocycles. The summed E-state index contributed by atoms with van der Waals surface area (Å²) < 4.78 is 26.0. The van der Waals surface area contributed by atoms with Gasteiger partial charge in [0.15, 0.2) is 0 Å². The van der Waals surface area contributed by atoms with Gasteiger partial charge in [-0.15, -0.1) is 0 Å². The van der Waals surface area contributed by atoms with Crippen LogP contribution in [0, 0.1) is 5.92 Å². The average molecular weight is 171 g/mol. The number of amides is 1. The van der Waals surface area contributed by atoms with E-state index in [9.17, 15) is 13.6 Å². The van der Waals surface area contributed by atoms with Crippen molar-refractivity contribution in [2.45, 2.75) is 12.3 Å². The SMILES string of the molecule is O=C1NC2=CC=CCC2C1(F)F. The Morgan fingerprint density at radius 2 is 2.33 bits per heavy atom. The summed E-state index contributed by atoms with van der Waals surface area (Å²) in [5, 5.41) is 2.17. The summed E-state index contributed by atoms with van der Waals surface area (Å²) in [5.74, 6) is -5.37. The maximum absolute atomic E-state index is 13.0. The number of rotatable bonds is 0. The normalized spacial score (nSPS) is 31.0. The van der Waals surface area contributed by atoms with Crippen molar-refractivity contribution in [3.63, 3.8) is 0 Å². The Hall–Kier alpha value is -1.19. The molecular weight excluding hydrogens is 164 g/mol. The number of carbonyl (C=O) groups excluding carboxylic acids is 1. The fraction of sp³-hybridized carbons (Fsp3) is 0.375. The van der Waals surface area contributed by atoms with Gasteiger partial charge in [-0.05, 0) is 12.5 Å². The lowest BCUT2D eigenvalue weighted by Crippen LogP contribution is -2.32. The van der Waals surface area contributed by atoms with Gasteiger partial charge in [-0.25, -0.2) is 0 Å². The molecule has 64 valence electrons. The van der Waals surface area contributed by atoms with Crippen LogP contribution in [0.5, 0.6) is 0 Å². The molecule has 2 rings (SSSR count). The second kappa shape index (κ2) is 2.15. The van der Waals surface area contributed by atoms with E-state index in [1.807, 2.05) is 0 Å². The van der Waals surface area contributed by atoms with E-state index in [4.69, 9.17) is 0 Å². The first-order valence-electron chi connectivity index (χ1n) is 3.68. The maximum Gasteiger partial charge on any atom is 0.333 e. The average Bonchev–Trinajstić information content (AvgIpc) is 2.25. The minimum absolute atomic E-state index is 0.234. The Kier molecular flexibility index (Phi) is 1.34. The second-order valence-electron chi connectivity index (χ2n) is 2.92. The zero-order chi connectivity index (χ0) is 8.77. The lowest BCUT2D eigenvalue weighted by atomic mass is 9.94. The van der Waals surface area contributed by atoms with Crippen molar-refractivity contribution in [3.8, 4) is 0 Å². The van der Waals surface area contributed by atoms with Gasteiger partial charge in [-0.3, -0.25) is 4.79 Å². The topological polar surface area (TPSA) is 29.1 Å². The number of halogens is 2. The highest BCUT2D eigenvalue weighted by atomic mass is 19.3. The van der Waals surface area contributed by atoms with Gasteiger partial charge in [0.25, 0.3) is 5.91 Å². The summed E-state index contributed by atoms with van der Waals surface area (Å²) in [5.41, 5.74) is 0.340. The van der Waals surface area contributed by atoms with E-state index in [1.54, 1.807) is 12.2 Å². The fourth-order valence-electron chi connectivity index (χ4n) is 1.47. The molecule has 0 bridgehead atoms. The monoisotopic (exact) mass is 171 g/mol. The maximum atomic E-state index is 13.0. The molecule has 1 unspecified atom stereocenters. The molecule has 2 nitrogen and oxygen atoms in total. The molecule has 1 aliphatic carbocycles. The predicted molar refractivity (Wildman–Crippen MR) is 38.4 cm³/mol. The molecule has 0 aromatic carbocycles. The largest absolute Gasteiger partial charge is 0.333 e. The van der Waals surface area contributed by atoms with Crippen LogP contribution in [-0.2, 0) is 4.79 Å². The van der Waals surface area contributed by atoms with Gasteiger partial charge in [0.1, 0.15) is 0 Å². The summed E-state index contributed by atoms with van der Waals surface area (Å²) in [6.07, 6.45) is 5.07. The van der Waals surface area contributed by atoms with Crippen molar-refractivity contribution in [2.24, 2.45) is 5.92 Å². The molecule has 1 atom stereocenters. The summed E-state index contributed by atoms with van der Waals surface area (Å²) in [4.78, 5) is 10.7. The van der Waals surface area contributed by atoms with Gasteiger partial charge in [0.2, 0.25) is 0 Å². The molecule has 12 heavy (non-hydrogen) atoms. The van der Waals surface area contributed by atoms with Crippen molar-refractivity contribution >= 4 is 5.91 Å². The summed E-state index contributed by atoms with van der Waals surface area (Å²) in [6.45, 7) is 0. The number of alkyl halides is 2. The Bertz CT molecular complexity index is 293. The molecule has 0 spiro atoms. The third-order valence-corrected chi connectivity index (χ3v) is 2.16. The lowest BCUT2D eigenvalue weighted by molar-refractivity contribution is -0.144. The molecule has 2 aliphatic rings. The van der Waals surface area contributed by atoms with Crippen LogP contribution in [0.3, 0.4) is 0 Å². The minimum atomic E-state index is -3.23. The van der Waals surface area contributed by atoms with E-state index >= 15 is 0 Å². The predicted octanol–water partition coefficient (Wildman–Crippen LogP) is 1.21. The van der Waals surface area contributed by atoms with Crippen molar-refractivity contribution < 1.29 is 13.6 Å². The molecule has 0 saturated carbocycles. The van der Waals surface area contributed by atoms with Crippen LogP contribution in [0.15, 0.2) is 23.9 Å². The van der Waals surface area contributed by atoms with Crippen LogP contribution in [0.1, 0.15) is 6.42 Å². The first-order valence-corrected chi connectivity index (χ1v) is 3.68. The Morgan fingerprint density at radius 1 is 1.58 bits per heavy atom. The number of carbonyl (C=O) groups is 1. The van der Waals surface area contributed by atoms with Crippen molar-refractivity contribution in [2.75, 3.05) is 0 Å². The van der Waals surface area contributed by atoms with Crippen LogP contribution in [0.25, 0.3) is 0 Å². The minimum Gasteiger partial charge on any atom is -0.324 e. The molecule has 1 fully saturated rings. The first kappa shape index (κ1) is 7.46. The smallest absolute Gasteiger partial charge is 0.324 e. The zero-order valence-corrected chi connectivity index (χ0v) is 6.18. The van der Waals surface area contributed by atoms with E-state index in [-0.39, 0.29) is 6.42 Å². The molecule has 1 aliphatic heterocycles. The fourth-order valence-corrected chi connectivity index (χ4v) is 1.47. The first-order chi connectivity index (χ1) is 5.62. The summed E-state index contributed by atoms with van der Waals surface area (Å²) in [6, 6.07) is 0. The van der Waals surface area contributed by atoms with Crippen molar-refractivity contribution in [1.29, 1.82) is 0 Å². The number of hydrogen-bond donors (Lipinski definition) is 1. The van der Waals surface area contributed by atoms with Gasteiger partial charge in [-0.2, -0.15) is 8.78 Å². The molecule has 4 heteroatoms. The van der Waals surface area contributed by atoms with Crippen LogP contribution in [0.4, 0.5) is 8.78 Å². The van der Waals surface area contributed by atoms with E-state index in [2.05, 4.69) is 5.32 Å². The molecular formula is C8H7F2NO. The number of allylic oxidation sites excluding steroid dienone is 4. The van der Waals surface area contributed by atoms with Crippen molar-refractivity contribution in [3.05, 3.63) is 23.9 Å². The molecule has 1 heterocycles. The lowest BCUT2D eigenvalue weighted by Gasteiger charge is -2.16. The van der Waals surface area contributed by atoms with E-state index in [1.165, 1.54) is 6.08 Å². The quantitative estimate of drug-likeness (QED) is 0.583. The number of fused-ring (bicyclic) bond motifs is 1. The van der Waals surface area contributed by atoms with Gasteiger partial charge >= 0.3 is 5.92 Å². The van der Waals surface area contributed by atoms with Gasteiger partial charge < -0.3 is 5.32 Å². The van der Waals surface area contributed by atoms with Gasteiger partial charge in [-0.1, -0.05) is 12.2 Å². The number of hydrogen-bond acceptors (Lipinski definition) is 1. The third-order valence-electron chi connectivity index (χ3n) is 2.16. The molecule has 1 N–H and O–H groups in total. The highest BCUT2D eigenvalue weighted by Crippen LogP contribution is 2.39. The molecule has 0 aromatic rings. The highest BCUT2D eigenvalue weighted by molar-refractivity contribution is 5.89. The Morgan fingerprint density at radius 3 is 3.00 bits per heavy atom. The van der Waals surface area contributed by atoms with E-state index < -0.39 is 17.7 Å². The van der Waals surface area contributed by atoms with E-state index in [0.717, 1.165) is 0 Å². The third kappa shape index (κ3) is 0.807. The van der Waals surface area contributed by atoms with Crippen LogP contribution >= 0.6 is 0 Å². The van der Waals surface area contributed by atoms with Crippen molar-refractivity contribution in [1.82, 2.24) is 5.32 Å². The van der Waals surface area contributed by atoms with Crippen LogP contribution in [-0.4, -0.2) is 11.8 Å². The zero-order valence-electron chi connectivity index (χ0n) is 6.18. The van der Waals surface area contributed by atoms with Gasteiger partial charge in [0.05, 0.1) is 5.92 Å². The standard InChI is InChI=1S/C8H7F2NO/c9-8(10)5-3-1-2-4-6(5)11-7(8)12/h1-2,4-5H,3H2,(H,11,12). The highest BCUT2D eigenvalue weighted by Gasteiger charge is 2.54. The van der Waals surface area contributed by atoms with Gasteiger partial charge in [0, 0.05) is 5.70 Å². The number of nitrogens with one attached hydrogen (secondary N) is 1. The molecule has 1 saturated heterocycles. The van der Waals surface area contributed by atoms with Crippen LogP contribution in [0.2, 0.25) is 0 Å². The second-order valence-corrected chi connectivity index (χ2v) is 2.92. The molecule has 0 radical (unpaired) electrons. The summed E-state index contributed by atoms with van der Waals surface area (Å²) >= 11 is 0. The van der Waals surface area contributed by atoms with Crippen LogP contribution < -0.4 is 5.32 Å². The van der Waals surface area contributed by atoms with E-state index in [0.29, 0.717) is 5.70 Å². The summed E-state index contributed by atoms with van der Waals surface area (Å²) in [7, 11) is 0. The Balaban J connectivity index is 2.39.